The number of rotatable bonds is 10. The van der Waals surface area contributed by atoms with Crippen LogP contribution in [0.4, 0.5) is 15.4 Å². The van der Waals surface area contributed by atoms with E-state index in [9.17, 15) is 18.9 Å². The summed E-state index contributed by atoms with van der Waals surface area (Å²) in [6.45, 7) is 17.3. The van der Waals surface area contributed by atoms with E-state index in [4.69, 9.17) is 44.5 Å². The summed E-state index contributed by atoms with van der Waals surface area (Å²) >= 11 is 6.36. The molecule has 17 nitrogen and oxygen atoms in total. The Hall–Kier alpha value is -3.05. The summed E-state index contributed by atoms with van der Waals surface area (Å²) in [6, 6.07) is 0. The molecule has 0 bridgehead atoms. The van der Waals surface area contributed by atoms with Crippen molar-refractivity contribution < 1.29 is 51.9 Å². The van der Waals surface area contributed by atoms with Crippen LogP contribution in [0, 0.1) is 5.92 Å². The molecule has 1 N–H and O–H groups in total. The second-order valence-electron chi connectivity index (χ2n) is 14.1. The average Bonchev–Trinajstić information content (AvgIpc) is 3.58. The van der Waals surface area contributed by atoms with Crippen molar-refractivity contribution in [2.45, 2.75) is 117 Å². The molecule has 0 aromatic carbocycles. The van der Waals surface area contributed by atoms with E-state index in [1.54, 1.807) is 55.4 Å². The summed E-state index contributed by atoms with van der Waals surface area (Å²) in [7, 11) is -0.751. The molecule has 0 radical (unpaired) electrons. The lowest BCUT2D eigenvalue weighted by Gasteiger charge is -2.28. The van der Waals surface area contributed by atoms with E-state index in [1.165, 1.54) is 10.9 Å². The fraction of sp³-hybridized carbons (Fsp3) is 0.724. The Morgan fingerprint density at radius 2 is 1.67 bits per heavy atom. The topological polar surface area (TPSA) is 192 Å². The largest absolute Gasteiger partial charge is 0.443 e. The van der Waals surface area contributed by atoms with Gasteiger partial charge in [-0.2, -0.15) is 14.9 Å². The molecule has 0 spiro atoms. The molecule has 266 valence electrons. The highest BCUT2D eigenvalue weighted by Gasteiger charge is 2.56. The summed E-state index contributed by atoms with van der Waals surface area (Å²) in [6.07, 6.45) is -5.49. The van der Waals surface area contributed by atoms with E-state index < -0.39 is 74.6 Å². The molecule has 0 saturated carbocycles. The van der Waals surface area contributed by atoms with Crippen molar-refractivity contribution in [3.63, 3.8) is 0 Å². The molecule has 3 amide bonds. The Balaban J connectivity index is 1.69. The van der Waals surface area contributed by atoms with Crippen molar-refractivity contribution in [3.05, 3.63) is 11.6 Å². The minimum Gasteiger partial charge on any atom is -0.443 e. The third-order valence-corrected chi connectivity index (χ3v) is 7.03. The number of amides is 3. The lowest BCUT2D eigenvalue weighted by atomic mass is 10.1. The zero-order chi connectivity index (χ0) is 35.8. The highest BCUT2D eigenvalue weighted by Crippen LogP contribution is 2.44. The molecule has 4 heterocycles. The standard InChI is InChI=1S/C29H42ClN6O11P/c1-14(2)11-31-21(37)23(47-48-40)41-12-15-17-18(44-29(9,10)43-17)22(42-15)35-13-32-16-19(35)33-24(30)34-20(16)36(25(38)45-27(3,4)5)26(39)46-28(6,7)8/h13-15,17-18,22-23H,11-12H2,1-10H3,(H,31,37)/t15-,17-,18-,22-,23?/m1/s1. The molecule has 0 aliphatic carbocycles. The molecule has 48 heavy (non-hydrogen) atoms. The second-order valence-corrected chi connectivity index (χ2v) is 14.7. The highest BCUT2D eigenvalue weighted by molar-refractivity contribution is 7.17. The summed E-state index contributed by atoms with van der Waals surface area (Å²) in [5, 5.41) is 2.35. The Morgan fingerprint density at radius 3 is 2.23 bits per heavy atom. The molecule has 4 rings (SSSR count). The number of fused-ring (bicyclic) bond motifs is 2. The zero-order valence-corrected chi connectivity index (χ0v) is 30.2. The van der Waals surface area contributed by atoms with Gasteiger partial charge in [0.05, 0.1) is 12.9 Å². The molecule has 5 atom stereocenters. The summed E-state index contributed by atoms with van der Waals surface area (Å²) < 4.78 is 53.1. The van der Waals surface area contributed by atoms with Crippen molar-refractivity contribution in [1.29, 1.82) is 0 Å². The third-order valence-electron chi connectivity index (χ3n) is 6.59. The molecule has 2 saturated heterocycles. The van der Waals surface area contributed by atoms with Gasteiger partial charge in [-0.15, -0.1) is 0 Å². The first kappa shape index (κ1) is 37.8. The van der Waals surface area contributed by atoms with E-state index in [0.717, 1.165) is 0 Å². The van der Waals surface area contributed by atoms with Crippen LogP contribution in [0.3, 0.4) is 0 Å². The molecular weight excluding hydrogens is 675 g/mol. The predicted octanol–water partition coefficient (Wildman–Crippen LogP) is 4.91. The Kier molecular flexibility index (Phi) is 11.4. The minimum atomic E-state index is -1.49. The number of anilines is 1. The molecule has 1 unspecified atom stereocenters. The zero-order valence-electron chi connectivity index (χ0n) is 28.5. The quantitative estimate of drug-likeness (QED) is 0.198. The molecule has 2 aromatic heterocycles. The minimum absolute atomic E-state index is 0.00103. The van der Waals surface area contributed by atoms with Crippen LogP contribution in [0.2, 0.25) is 5.28 Å². The van der Waals surface area contributed by atoms with Gasteiger partial charge in [0.25, 0.3) is 5.91 Å². The summed E-state index contributed by atoms with van der Waals surface area (Å²) in [5.74, 6) is -1.77. The number of aromatic nitrogens is 4. The van der Waals surface area contributed by atoms with E-state index in [0.29, 0.717) is 11.4 Å². The molecule has 2 aliphatic rings. The number of nitrogens with zero attached hydrogens (tertiary/aromatic N) is 5. The van der Waals surface area contributed by atoms with Crippen LogP contribution in [0.25, 0.3) is 11.2 Å². The Morgan fingerprint density at radius 1 is 1.06 bits per heavy atom. The second kappa shape index (κ2) is 14.4. The number of imidazole rings is 1. The van der Waals surface area contributed by atoms with E-state index in [1.807, 2.05) is 13.8 Å². The van der Waals surface area contributed by atoms with Crippen molar-refractivity contribution in [2.24, 2.45) is 5.92 Å². The fourth-order valence-corrected chi connectivity index (χ4v) is 5.26. The van der Waals surface area contributed by atoms with Gasteiger partial charge >= 0.3 is 20.9 Å². The number of nitrogens with one attached hydrogen (secondary N) is 1. The monoisotopic (exact) mass is 716 g/mol. The number of carbonyl (C=O) groups is 3. The first-order valence-corrected chi connectivity index (χ1v) is 16.4. The van der Waals surface area contributed by atoms with Gasteiger partial charge in [-0.1, -0.05) is 13.8 Å². The van der Waals surface area contributed by atoms with Crippen molar-refractivity contribution in [3.8, 4) is 0 Å². The van der Waals surface area contributed by atoms with Crippen LogP contribution in [-0.2, 0) is 42.3 Å². The average molecular weight is 717 g/mol. The van der Waals surface area contributed by atoms with Crippen LogP contribution >= 0.6 is 20.3 Å². The number of halogens is 1. The first-order chi connectivity index (χ1) is 22.2. The SMILES string of the molecule is CC(C)CNC(=O)C(OC[C@H]1O[C@@H](n2cnc3c(N(C(=O)OC(C)(C)C)C(=O)OC(C)(C)C)nc(Cl)nc32)[C@@H]2OC(C)(C)O[C@@H]21)OP=O. The van der Waals surface area contributed by atoms with Gasteiger partial charge in [-0.25, -0.2) is 19.1 Å². The van der Waals surface area contributed by atoms with Crippen LogP contribution in [-0.4, -0.2) is 92.4 Å². The van der Waals surface area contributed by atoms with Crippen LogP contribution in [0.1, 0.15) is 75.5 Å². The lowest BCUT2D eigenvalue weighted by molar-refractivity contribution is -0.208. The Labute approximate surface area is 284 Å². The third kappa shape index (κ3) is 9.14. The fourth-order valence-electron chi connectivity index (χ4n) is 4.86. The van der Waals surface area contributed by atoms with Crippen LogP contribution < -0.4 is 10.2 Å². The molecule has 2 aromatic rings. The number of carbonyl (C=O) groups excluding carboxylic acids is 3. The van der Waals surface area contributed by atoms with Crippen LogP contribution in [0.5, 0.6) is 0 Å². The van der Waals surface area contributed by atoms with Gasteiger partial charge in [-0.3, -0.25) is 13.9 Å². The Bertz CT molecular complexity index is 1500. The number of hydrogen-bond donors (Lipinski definition) is 1. The van der Waals surface area contributed by atoms with E-state index in [2.05, 4.69) is 20.3 Å². The van der Waals surface area contributed by atoms with Crippen molar-refractivity contribution in [2.75, 3.05) is 18.1 Å². The summed E-state index contributed by atoms with van der Waals surface area (Å²) in [4.78, 5) is 52.9. The normalized spacial score (nSPS) is 22.9. The maximum Gasteiger partial charge on any atom is 0.425 e. The predicted molar refractivity (Wildman–Crippen MR) is 169 cm³/mol. The van der Waals surface area contributed by atoms with E-state index in [-0.39, 0.29) is 34.8 Å². The smallest absolute Gasteiger partial charge is 0.425 e. The molecule has 2 aliphatic heterocycles. The van der Waals surface area contributed by atoms with Gasteiger partial charge < -0.3 is 33.7 Å². The lowest BCUT2D eigenvalue weighted by Crippen LogP contribution is -2.44. The van der Waals surface area contributed by atoms with Gasteiger partial charge in [-0.05, 0) is 72.9 Å². The molecular formula is C29H42ClN6O11P. The summed E-state index contributed by atoms with van der Waals surface area (Å²) in [5.41, 5.74) is -1.87. The number of hydrogen-bond acceptors (Lipinski definition) is 14. The molecule has 19 heteroatoms. The number of ether oxygens (including phenoxy) is 6. The highest BCUT2D eigenvalue weighted by atomic mass is 35.5. The first-order valence-electron chi connectivity index (χ1n) is 15.2. The van der Waals surface area contributed by atoms with Crippen LogP contribution in [0.15, 0.2) is 6.33 Å². The van der Waals surface area contributed by atoms with Crippen molar-refractivity contribution >= 4 is 55.4 Å². The van der Waals surface area contributed by atoms with Crippen molar-refractivity contribution in [1.82, 2.24) is 24.8 Å². The number of imide groups is 1. The van der Waals surface area contributed by atoms with Gasteiger partial charge in [0.2, 0.25) is 11.6 Å². The molecule has 2 fully saturated rings. The maximum absolute atomic E-state index is 13.4. The van der Waals surface area contributed by atoms with E-state index >= 15 is 0 Å². The maximum atomic E-state index is 13.4. The van der Waals surface area contributed by atoms with Gasteiger partial charge in [0.15, 0.2) is 29.0 Å². The van der Waals surface area contributed by atoms with Gasteiger partial charge in [0, 0.05) is 6.54 Å². The van der Waals surface area contributed by atoms with Gasteiger partial charge in [0.1, 0.15) is 29.5 Å².